The van der Waals surface area contributed by atoms with Crippen molar-refractivity contribution in [1.82, 2.24) is 5.32 Å². The molecule has 1 heterocycles. The van der Waals surface area contributed by atoms with Crippen LogP contribution in [-0.4, -0.2) is 121 Å². The van der Waals surface area contributed by atoms with Gasteiger partial charge >= 0.3 is 0 Å². The highest BCUT2D eigenvalue weighted by Gasteiger charge is 2.44. The lowest BCUT2D eigenvalue weighted by molar-refractivity contribution is -0.303. The summed E-state index contributed by atoms with van der Waals surface area (Å²) in [4.78, 5) is 13.2. The van der Waals surface area contributed by atoms with Crippen molar-refractivity contribution in [2.45, 2.75) is 300 Å². The summed E-state index contributed by atoms with van der Waals surface area (Å²) in [5.41, 5.74) is 0. The van der Waals surface area contributed by atoms with Gasteiger partial charge in [-0.25, -0.2) is 0 Å². The first-order chi connectivity index (χ1) is 30.1. The number of rotatable bonds is 44. The zero-order valence-electron chi connectivity index (χ0n) is 39.7. The topological polar surface area (TPSA) is 209 Å². The molecule has 12 heteroatoms. The van der Waals surface area contributed by atoms with Crippen LogP contribution in [0.2, 0.25) is 0 Å². The molecule has 1 saturated heterocycles. The molecule has 0 saturated carbocycles. The number of carbonyl (C=O) groups is 1. The van der Waals surface area contributed by atoms with E-state index in [9.17, 15) is 45.6 Å². The third-order valence-electron chi connectivity index (χ3n) is 13.0. The van der Waals surface area contributed by atoms with Gasteiger partial charge in [0.25, 0.3) is 5.91 Å². The van der Waals surface area contributed by atoms with Crippen molar-refractivity contribution in [2.24, 2.45) is 0 Å². The smallest absolute Gasteiger partial charge is 0.251 e. The molecule has 0 aromatic heterocycles. The average Bonchev–Trinajstić information content (AvgIpc) is 3.27. The van der Waals surface area contributed by atoms with E-state index in [2.05, 4.69) is 19.2 Å². The molecule has 1 aliphatic rings. The molecule has 1 fully saturated rings. The number of amides is 1. The minimum absolute atomic E-state index is 0.226. The molecule has 1 aliphatic heterocycles. The van der Waals surface area contributed by atoms with E-state index < -0.39 is 80.3 Å². The Morgan fingerprint density at radius 3 is 1.19 bits per heavy atom. The van der Waals surface area contributed by atoms with E-state index in [0.29, 0.717) is 12.8 Å². The fraction of sp³-hybridized carbons (Fsp3) is 0.980. The van der Waals surface area contributed by atoms with Crippen LogP contribution in [0.4, 0.5) is 0 Å². The fourth-order valence-electron chi connectivity index (χ4n) is 8.65. The summed E-state index contributed by atoms with van der Waals surface area (Å²) < 4.78 is 11.0. The summed E-state index contributed by atoms with van der Waals surface area (Å²) in [7, 11) is 0. The molecule has 0 spiro atoms. The summed E-state index contributed by atoms with van der Waals surface area (Å²) in [5, 5.41) is 86.4. The molecule has 12 nitrogen and oxygen atoms in total. The maximum atomic E-state index is 13.2. The summed E-state index contributed by atoms with van der Waals surface area (Å²) in [5.74, 6) is -0.944. The molecular weight excluding hydrogens is 791 g/mol. The number of aliphatic hydroxyl groups is 8. The van der Waals surface area contributed by atoms with Crippen molar-refractivity contribution in [3.63, 3.8) is 0 Å². The Balaban J connectivity index is 2.38. The molecule has 0 unspecified atom stereocenters. The van der Waals surface area contributed by atoms with Gasteiger partial charge in [0.1, 0.15) is 30.5 Å². The number of hydrogen-bond donors (Lipinski definition) is 9. The second kappa shape index (κ2) is 40.4. The van der Waals surface area contributed by atoms with Crippen LogP contribution in [0.5, 0.6) is 0 Å². The maximum Gasteiger partial charge on any atom is 0.251 e. The van der Waals surface area contributed by atoms with Crippen LogP contribution in [0.1, 0.15) is 239 Å². The molecule has 0 aromatic carbocycles. The summed E-state index contributed by atoms with van der Waals surface area (Å²) in [6.07, 6.45) is 27.3. The fourth-order valence-corrected chi connectivity index (χ4v) is 8.65. The first-order valence-electron chi connectivity index (χ1n) is 26.0. The van der Waals surface area contributed by atoms with Crippen molar-refractivity contribution in [3.8, 4) is 0 Å². The largest absolute Gasteiger partial charge is 0.394 e. The van der Waals surface area contributed by atoms with Crippen LogP contribution in [0.15, 0.2) is 0 Å². The third-order valence-corrected chi connectivity index (χ3v) is 13.0. The molecule has 62 heavy (non-hydrogen) atoms. The van der Waals surface area contributed by atoms with E-state index in [1.807, 2.05) is 0 Å². The Bertz CT molecular complexity index is 993. The van der Waals surface area contributed by atoms with Crippen molar-refractivity contribution in [3.05, 3.63) is 0 Å². The predicted molar refractivity (Wildman–Crippen MR) is 249 cm³/mol. The van der Waals surface area contributed by atoms with E-state index in [1.165, 1.54) is 161 Å². The van der Waals surface area contributed by atoms with E-state index in [-0.39, 0.29) is 12.8 Å². The number of nitrogens with one attached hydrogen (secondary N) is 1. The maximum absolute atomic E-state index is 13.2. The minimum Gasteiger partial charge on any atom is -0.394 e. The Morgan fingerprint density at radius 2 is 0.839 bits per heavy atom. The number of hydrogen-bond acceptors (Lipinski definition) is 11. The predicted octanol–water partition coefficient (Wildman–Crippen LogP) is 8.42. The van der Waals surface area contributed by atoms with Gasteiger partial charge in [-0.05, 0) is 12.8 Å². The first-order valence-corrected chi connectivity index (χ1v) is 26.0. The SMILES string of the molecule is CCCCCCCCCCCCCCCCCCCCCCC[C@H](O)[C@H](O)C(=O)N[C@@H](CO[C@H]1O[C@H](CO)[C@H](O)[C@H](O)[C@H]1O)[C@H](O)[C@H](O)CCCCCCCCCCCCCC. The van der Waals surface area contributed by atoms with Crippen LogP contribution in [-0.2, 0) is 14.3 Å². The van der Waals surface area contributed by atoms with Crippen molar-refractivity contribution >= 4 is 5.91 Å². The monoisotopic (exact) mass is 890 g/mol. The van der Waals surface area contributed by atoms with Crippen molar-refractivity contribution in [2.75, 3.05) is 13.2 Å². The summed E-state index contributed by atoms with van der Waals surface area (Å²) >= 11 is 0. The standard InChI is InChI=1S/C50H99NO11/c1-3-5-7-9-11-13-15-17-18-19-20-21-22-23-24-25-27-29-31-33-35-37-42(54)45(56)49(60)51-40(39-61-50-48(59)47(58)46(57)43(38-52)62-50)44(55)41(53)36-34-32-30-28-26-16-14-12-10-8-6-4-2/h40-48,50,52-59H,3-39H2,1-2H3,(H,51,60)/t40-,41+,42-,43+,44-,45-,46-,47-,48+,50-/m0/s1. The third kappa shape index (κ3) is 28.9. The van der Waals surface area contributed by atoms with Gasteiger partial charge < -0.3 is 55.6 Å². The van der Waals surface area contributed by atoms with Crippen LogP contribution in [0.3, 0.4) is 0 Å². The van der Waals surface area contributed by atoms with E-state index in [4.69, 9.17) is 9.47 Å². The Kier molecular flexibility index (Phi) is 38.5. The van der Waals surface area contributed by atoms with Crippen LogP contribution < -0.4 is 5.32 Å². The normalized spacial score (nSPS) is 21.7. The van der Waals surface area contributed by atoms with Gasteiger partial charge in [-0.3, -0.25) is 4.79 Å². The van der Waals surface area contributed by atoms with Gasteiger partial charge in [-0.1, -0.05) is 226 Å². The van der Waals surface area contributed by atoms with Gasteiger partial charge in [-0.2, -0.15) is 0 Å². The lowest BCUT2D eigenvalue weighted by Crippen LogP contribution is -2.60. The highest BCUT2D eigenvalue weighted by atomic mass is 16.7. The number of unbranched alkanes of at least 4 members (excludes halogenated alkanes) is 31. The van der Waals surface area contributed by atoms with Gasteiger partial charge in [0.15, 0.2) is 12.4 Å². The highest BCUT2D eigenvalue weighted by molar-refractivity contribution is 5.81. The summed E-state index contributed by atoms with van der Waals surface area (Å²) in [6.45, 7) is 3.33. The molecule has 0 aromatic rings. The number of aliphatic hydroxyl groups excluding tert-OH is 8. The van der Waals surface area contributed by atoms with Gasteiger partial charge in [0.05, 0.1) is 31.5 Å². The first kappa shape index (κ1) is 59.1. The van der Waals surface area contributed by atoms with E-state index >= 15 is 0 Å². The van der Waals surface area contributed by atoms with Crippen molar-refractivity contribution in [1.29, 1.82) is 0 Å². The Morgan fingerprint density at radius 1 is 0.500 bits per heavy atom. The molecule has 1 rings (SSSR count). The number of carbonyl (C=O) groups excluding carboxylic acids is 1. The lowest BCUT2D eigenvalue weighted by atomic mass is 9.98. The molecule has 0 bridgehead atoms. The Hall–Kier alpha value is -0.930. The summed E-state index contributed by atoms with van der Waals surface area (Å²) in [6, 6.07) is -1.28. The molecule has 0 radical (unpaired) electrons. The molecule has 10 atom stereocenters. The molecule has 0 aliphatic carbocycles. The quantitative estimate of drug-likeness (QED) is 0.0265. The zero-order chi connectivity index (χ0) is 45.6. The van der Waals surface area contributed by atoms with Gasteiger partial charge in [0.2, 0.25) is 0 Å². The molecular formula is C50H99NO11. The minimum atomic E-state index is -1.78. The molecule has 370 valence electrons. The van der Waals surface area contributed by atoms with Crippen LogP contribution in [0.25, 0.3) is 0 Å². The number of ether oxygens (including phenoxy) is 2. The van der Waals surface area contributed by atoms with E-state index in [1.54, 1.807) is 0 Å². The van der Waals surface area contributed by atoms with Crippen molar-refractivity contribution < 1.29 is 55.1 Å². The average molecular weight is 890 g/mol. The van der Waals surface area contributed by atoms with Crippen LogP contribution >= 0.6 is 0 Å². The molecule has 9 N–H and O–H groups in total. The zero-order valence-corrected chi connectivity index (χ0v) is 39.7. The lowest BCUT2D eigenvalue weighted by Gasteiger charge is -2.40. The van der Waals surface area contributed by atoms with Gasteiger partial charge in [-0.15, -0.1) is 0 Å². The Labute approximate surface area is 378 Å². The van der Waals surface area contributed by atoms with E-state index in [0.717, 1.165) is 38.5 Å². The second-order valence-corrected chi connectivity index (χ2v) is 18.8. The highest BCUT2D eigenvalue weighted by Crippen LogP contribution is 2.23. The van der Waals surface area contributed by atoms with Gasteiger partial charge in [0, 0.05) is 0 Å². The van der Waals surface area contributed by atoms with Crippen LogP contribution in [0, 0.1) is 0 Å². The second-order valence-electron chi connectivity index (χ2n) is 18.8. The molecule has 1 amide bonds.